The lowest BCUT2D eigenvalue weighted by atomic mass is 10.0. The lowest BCUT2D eigenvalue weighted by Gasteiger charge is -2.03. The molecule has 2 rings (SSSR count). The van der Waals surface area contributed by atoms with Gasteiger partial charge in [0.05, 0.1) is 6.42 Å². The quantitative estimate of drug-likeness (QED) is 0.787. The second-order valence-corrected chi connectivity index (χ2v) is 4.14. The number of hydrogen-bond acceptors (Lipinski definition) is 4. The van der Waals surface area contributed by atoms with Gasteiger partial charge < -0.3 is 5.73 Å². The van der Waals surface area contributed by atoms with Crippen molar-refractivity contribution in [1.82, 2.24) is 14.8 Å². The molecule has 2 N–H and O–H groups in total. The van der Waals surface area contributed by atoms with Crippen LogP contribution in [-0.2, 0) is 19.9 Å². The van der Waals surface area contributed by atoms with E-state index in [4.69, 9.17) is 5.73 Å². The monoisotopic (exact) mass is 244 g/mol. The van der Waals surface area contributed by atoms with Crippen LogP contribution >= 0.6 is 0 Å². The minimum atomic E-state index is 0.0467. The van der Waals surface area contributed by atoms with E-state index in [1.807, 2.05) is 24.3 Å². The molecule has 0 atom stereocenters. The summed E-state index contributed by atoms with van der Waals surface area (Å²) in [5.41, 5.74) is 7.32. The summed E-state index contributed by atoms with van der Waals surface area (Å²) in [4.78, 5) is 16.1. The molecule has 0 aliphatic carbocycles. The van der Waals surface area contributed by atoms with E-state index in [-0.39, 0.29) is 12.2 Å². The molecule has 94 valence electrons. The van der Waals surface area contributed by atoms with Gasteiger partial charge in [0, 0.05) is 12.6 Å². The maximum absolute atomic E-state index is 12.0. The molecular weight excluding hydrogens is 228 g/mol. The number of Topliss-reactive ketones (excluding diaryl/α,β-unsaturated/α-hetero) is 1. The van der Waals surface area contributed by atoms with Crippen molar-refractivity contribution in [3.63, 3.8) is 0 Å². The number of ketones is 1. The average Bonchev–Trinajstić information content (AvgIpc) is 2.76. The number of hydrogen-bond donors (Lipinski definition) is 1. The molecule has 5 heteroatoms. The molecular formula is C13H16N4O. The van der Waals surface area contributed by atoms with Crippen LogP contribution < -0.4 is 5.73 Å². The largest absolute Gasteiger partial charge is 0.330 e. The first kappa shape index (κ1) is 12.4. The predicted octanol–water partition coefficient (Wildman–Crippen LogP) is 0.742. The lowest BCUT2D eigenvalue weighted by Crippen LogP contribution is -2.09. The zero-order valence-corrected chi connectivity index (χ0v) is 10.3. The molecule has 1 heterocycles. The topological polar surface area (TPSA) is 73.8 Å². The van der Waals surface area contributed by atoms with Crippen LogP contribution in [0, 0.1) is 0 Å². The summed E-state index contributed by atoms with van der Waals surface area (Å²) in [5.74, 6) is 0.719. The zero-order valence-electron chi connectivity index (χ0n) is 10.3. The second-order valence-electron chi connectivity index (χ2n) is 4.14. The van der Waals surface area contributed by atoms with E-state index in [1.165, 1.54) is 6.33 Å². The predicted molar refractivity (Wildman–Crippen MR) is 68.2 cm³/mol. The van der Waals surface area contributed by atoms with E-state index in [2.05, 4.69) is 10.1 Å². The number of benzene rings is 1. The Kier molecular flexibility index (Phi) is 3.84. The molecule has 0 spiro atoms. The number of nitrogens with zero attached hydrogens (tertiary/aromatic N) is 3. The molecule has 2 aromatic rings. The number of rotatable bonds is 5. The Labute approximate surface area is 106 Å². The van der Waals surface area contributed by atoms with E-state index < -0.39 is 0 Å². The molecule has 0 aliphatic heterocycles. The fourth-order valence-electron chi connectivity index (χ4n) is 1.75. The van der Waals surface area contributed by atoms with Crippen molar-refractivity contribution in [3.8, 4) is 0 Å². The molecule has 0 radical (unpaired) electrons. The summed E-state index contributed by atoms with van der Waals surface area (Å²) >= 11 is 0. The molecule has 0 amide bonds. The zero-order chi connectivity index (χ0) is 13.0. The maximum Gasteiger partial charge on any atom is 0.170 e. The minimum absolute atomic E-state index is 0.0467. The van der Waals surface area contributed by atoms with E-state index >= 15 is 0 Å². The molecule has 0 aliphatic rings. The Morgan fingerprint density at radius 1 is 1.33 bits per heavy atom. The van der Waals surface area contributed by atoms with Gasteiger partial charge in [-0.05, 0) is 18.5 Å². The van der Waals surface area contributed by atoms with Crippen LogP contribution in [0.15, 0.2) is 30.6 Å². The summed E-state index contributed by atoms with van der Waals surface area (Å²) in [7, 11) is 1.78. The van der Waals surface area contributed by atoms with E-state index in [1.54, 1.807) is 11.7 Å². The number of nitrogens with two attached hydrogens (primary N) is 1. The molecule has 1 aromatic carbocycles. The Morgan fingerprint density at radius 3 is 2.61 bits per heavy atom. The SMILES string of the molecule is Cn1ncnc1CC(=O)c1ccc(CCN)cc1. The van der Waals surface area contributed by atoms with Gasteiger partial charge >= 0.3 is 0 Å². The Morgan fingerprint density at radius 2 is 2.06 bits per heavy atom. The molecule has 0 saturated heterocycles. The van der Waals surface area contributed by atoms with Gasteiger partial charge in [-0.3, -0.25) is 9.48 Å². The number of carbonyl (C=O) groups is 1. The highest BCUT2D eigenvalue weighted by molar-refractivity contribution is 5.97. The van der Waals surface area contributed by atoms with Crippen molar-refractivity contribution in [2.75, 3.05) is 6.54 Å². The van der Waals surface area contributed by atoms with Crippen LogP contribution in [0.2, 0.25) is 0 Å². The van der Waals surface area contributed by atoms with Gasteiger partial charge in [-0.1, -0.05) is 24.3 Å². The molecule has 18 heavy (non-hydrogen) atoms. The second kappa shape index (κ2) is 5.55. The molecule has 1 aromatic heterocycles. The third-order valence-corrected chi connectivity index (χ3v) is 2.83. The Bertz CT molecular complexity index is 530. The van der Waals surface area contributed by atoms with Crippen LogP contribution in [0.25, 0.3) is 0 Å². The fourth-order valence-corrected chi connectivity index (χ4v) is 1.75. The van der Waals surface area contributed by atoms with Gasteiger partial charge in [0.1, 0.15) is 12.2 Å². The van der Waals surface area contributed by atoms with Crippen molar-refractivity contribution in [2.24, 2.45) is 12.8 Å². The summed E-state index contributed by atoms with van der Waals surface area (Å²) in [5, 5.41) is 3.94. The molecule has 0 unspecified atom stereocenters. The smallest absolute Gasteiger partial charge is 0.170 e. The third-order valence-electron chi connectivity index (χ3n) is 2.83. The van der Waals surface area contributed by atoms with Crippen molar-refractivity contribution in [3.05, 3.63) is 47.5 Å². The van der Waals surface area contributed by atoms with E-state index in [0.29, 0.717) is 17.9 Å². The van der Waals surface area contributed by atoms with E-state index in [9.17, 15) is 4.79 Å². The molecule has 5 nitrogen and oxygen atoms in total. The standard InChI is InChI=1S/C13H16N4O/c1-17-13(15-9-16-17)8-12(18)11-4-2-10(3-5-11)6-7-14/h2-5,9H,6-8,14H2,1H3. The number of aromatic nitrogens is 3. The molecule has 0 saturated carbocycles. The summed E-state index contributed by atoms with van der Waals surface area (Å²) in [6.07, 6.45) is 2.55. The lowest BCUT2D eigenvalue weighted by molar-refractivity contribution is 0.0989. The summed E-state index contributed by atoms with van der Waals surface area (Å²) in [6, 6.07) is 7.56. The van der Waals surface area contributed by atoms with Gasteiger partial charge in [-0.2, -0.15) is 5.10 Å². The van der Waals surface area contributed by atoms with Gasteiger partial charge in [0.15, 0.2) is 5.78 Å². The molecule has 0 bridgehead atoms. The highest BCUT2D eigenvalue weighted by Gasteiger charge is 2.10. The highest BCUT2D eigenvalue weighted by atomic mass is 16.1. The van der Waals surface area contributed by atoms with Crippen molar-refractivity contribution in [1.29, 1.82) is 0 Å². The normalized spacial score (nSPS) is 10.6. The maximum atomic E-state index is 12.0. The van der Waals surface area contributed by atoms with Gasteiger partial charge in [-0.25, -0.2) is 4.98 Å². The Balaban J connectivity index is 2.07. The van der Waals surface area contributed by atoms with Crippen LogP contribution in [0.3, 0.4) is 0 Å². The molecule has 0 fully saturated rings. The fraction of sp³-hybridized carbons (Fsp3) is 0.308. The number of carbonyl (C=O) groups excluding carboxylic acids is 1. The van der Waals surface area contributed by atoms with Gasteiger partial charge in [0.2, 0.25) is 0 Å². The Hall–Kier alpha value is -2.01. The average molecular weight is 244 g/mol. The summed E-state index contributed by atoms with van der Waals surface area (Å²) < 4.78 is 1.61. The van der Waals surface area contributed by atoms with Crippen LogP contribution in [0.4, 0.5) is 0 Å². The van der Waals surface area contributed by atoms with Crippen molar-refractivity contribution >= 4 is 5.78 Å². The van der Waals surface area contributed by atoms with Gasteiger partial charge in [-0.15, -0.1) is 0 Å². The first-order valence-corrected chi connectivity index (χ1v) is 5.86. The van der Waals surface area contributed by atoms with Crippen molar-refractivity contribution < 1.29 is 4.79 Å². The number of aryl methyl sites for hydroxylation is 1. The van der Waals surface area contributed by atoms with Crippen LogP contribution in [0.1, 0.15) is 21.7 Å². The van der Waals surface area contributed by atoms with E-state index in [0.717, 1.165) is 12.0 Å². The minimum Gasteiger partial charge on any atom is -0.330 e. The highest BCUT2D eigenvalue weighted by Crippen LogP contribution is 2.08. The summed E-state index contributed by atoms with van der Waals surface area (Å²) in [6.45, 7) is 0.617. The first-order valence-electron chi connectivity index (χ1n) is 5.86. The van der Waals surface area contributed by atoms with Gasteiger partial charge in [0.25, 0.3) is 0 Å². The van der Waals surface area contributed by atoms with Crippen LogP contribution in [-0.4, -0.2) is 27.1 Å². The third kappa shape index (κ3) is 2.81. The van der Waals surface area contributed by atoms with Crippen LogP contribution in [0.5, 0.6) is 0 Å². The first-order chi connectivity index (χ1) is 8.70. The van der Waals surface area contributed by atoms with Crippen molar-refractivity contribution in [2.45, 2.75) is 12.8 Å².